The van der Waals surface area contributed by atoms with Crippen molar-refractivity contribution in [3.63, 3.8) is 0 Å². The fraction of sp³-hybridized carbons (Fsp3) is 0.304. The topological polar surface area (TPSA) is 66.3 Å². The Balaban J connectivity index is 1.92. The van der Waals surface area contributed by atoms with Gasteiger partial charge < -0.3 is 20.1 Å². The third-order valence-corrected chi connectivity index (χ3v) is 4.92. The maximum atomic E-state index is 9.85. The largest absolute Gasteiger partial charge is 0.493 e. The summed E-state index contributed by atoms with van der Waals surface area (Å²) in [7, 11) is 1.61. The van der Waals surface area contributed by atoms with Crippen molar-refractivity contribution in [1.29, 1.82) is 5.26 Å². The number of methoxy groups -OCH3 is 1. The third kappa shape index (κ3) is 4.69. The lowest BCUT2D eigenvalue weighted by atomic mass is 9.84. The van der Waals surface area contributed by atoms with Crippen LogP contribution in [0.2, 0.25) is 0 Å². The van der Waals surface area contributed by atoms with Gasteiger partial charge in [-0.25, -0.2) is 0 Å². The Labute approximate surface area is 177 Å². The van der Waals surface area contributed by atoms with E-state index in [0.717, 1.165) is 16.8 Å². The van der Waals surface area contributed by atoms with Gasteiger partial charge in [0.15, 0.2) is 16.6 Å². The molecule has 0 fully saturated rings. The molecule has 2 aromatic carbocycles. The Bertz CT molecular complexity index is 972. The summed E-state index contributed by atoms with van der Waals surface area (Å²) in [6.07, 6.45) is 0. The molecule has 0 bridgehead atoms. The Morgan fingerprint density at radius 2 is 1.83 bits per heavy atom. The van der Waals surface area contributed by atoms with Crippen molar-refractivity contribution < 1.29 is 9.47 Å². The van der Waals surface area contributed by atoms with E-state index in [9.17, 15) is 5.26 Å². The molecule has 2 N–H and O–H groups in total. The summed E-state index contributed by atoms with van der Waals surface area (Å²) in [5, 5.41) is 16.7. The molecule has 0 unspecified atom stereocenters. The maximum Gasteiger partial charge on any atom is 0.171 e. The average molecular weight is 408 g/mol. The van der Waals surface area contributed by atoms with Gasteiger partial charge in [0.1, 0.15) is 6.61 Å². The number of hydrogen-bond donors (Lipinski definition) is 2. The summed E-state index contributed by atoms with van der Waals surface area (Å²) < 4.78 is 11.5. The van der Waals surface area contributed by atoms with Crippen LogP contribution in [0, 0.1) is 16.7 Å². The van der Waals surface area contributed by atoms with Gasteiger partial charge in [-0.05, 0) is 35.5 Å². The minimum absolute atomic E-state index is 0.238. The number of thiocarbonyl (C=S) groups is 1. The van der Waals surface area contributed by atoms with Crippen molar-refractivity contribution in [2.45, 2.75) is 33.4 Å². The van der Waals surface area contributed by atoms with E-state index in [4.69, 9.17) is 21.7 Å². The van der Waals surface area contributed by atoms with Crippen LogP contribution in [0.4, 0.5) is 0 Å². The number of nitriles is 1. The second kappa shape index (κ2) is 8.54. The maximum absolute atomic E-state index is 9.85. The molecule has 1 atom stereocenters. The predicted molar refractivity (Wildman–Crippen MR) is 117 cm³/mol. The molecular formula is C23H25N3O2S. The molecule has 150 valence electrons. The molecule has 29 heavy (non-hydrogen) atoms. The second-order valence-corrected chi connectivity index (χ2v) is 8.27. The van der Waals surface area contributed by atoms with Crippen LogP contribution in [0.5, 0.6) is 11.5 Å². The van der Waals surface area contributed by atoms with E-state index < -0.39 is 0 Å². The van der Waals surface area contributed by atoms with Gasteiger partial charge in [-0.2, -0.15) is 5.26 Å². The molecule has 0 radical (unpaired) electrons. The zero-order valence-corrected chi connectivity index (χ0v) is 17.9. The average Bonchev–Trinajstić information content (AvgIpc) is 2.71. The fourth-order valence-corrected chi connectivity index (χ4v) is 3.46. The SMILES string of the molecule is COc1cc([C@H]2NC(=S)NC(C(C)(C)C)=C2C#N)ccc1OCc1ccccc1. The summed E-state index contributed by atoms with van der Waals surface area (Å²) >= 11 is 5.39. The van der Waals surface area contributed by atoms with Crippen LogP contribution < -0.4 is 20.1 Å². The zero-order chi connectivity index (χ0) is 21.0. The predicted octanol–water partition coefficient (Wildman–Crippen LogP) is 4.62. The quantitative estimate of drug-likeness (QED) is 0.705. The summed E-state index contributed by atoms with van der Waals surface area (Å²) in [5.41, 5.74) is 3.17. The Hall–Kier alpha value is -3.04. The van der Waals surface area contributed by atoms with Gasteiger partial charge in [0.2, 0.25) is 0 Å². The molecular weight excluding hydrogens is 382 g/mol. The zero-order valence-electron chi connectivity index (χ0n) is 17.1. The van der Waals surface area contributed by atoms with Gasteiger partial charge >= 0.3 is 0 Å². The van der Waals surface area contributed by atoms with Crippen LogP contribution in [0.3, 0.4) is 0 Å². The van der Waals surface area contributed by atoms with Gasteiger partial charge in [-0.1, -0.05) is 57.2 Å². The molecule has 6 heteroatoms. The van der Waals surface area contributed by atoms with Crippen molar-refractivity contribution in [3.05, 3.63) is 70.9 Å². The normalized spacial score (nSPS) is 16.5. The van der Waals surface area contributed by atoms with E-state index in [2.05, 4.69) is 37.5 Å². The van der Waals surface area contributed by atoms with Crippen LogP contribution in [-0.4, -0.2) is 12.2 Å². The third-order valence-electron chi connectivity index (χ3n) is 4.70. The standard InChI is InChI=1S/C23H25N3O2S/c1-23(2,3)21-17(13-24)20(25-22(29)26-21)16-10-11-18(19(12-16)27-4)28-14-15-8-6-5-7-9-15/h5-12,20H,14H2,1-4H3,(H2,25,26,29)/t20-/m1/s1. The number of benzene rings is 2. The van der Waals surface area contributed by atoms with Crippen LogP contribution in [0.1, 0.15) is 37.9 Å². The Kier molecular flexibility index (Phi) is 6.09. The number of rotatable bonds is 5. The molecule has 1 aliphatic heterocycles. The van der Waals surface area contributed by atoms with Crippen LogP contribution in [0.25, 0.3) is 0 Å². The lowest BCUT2D eigenvalue weighted by molar-refractivity contribution is 0.284. The lowest BCUT2D eigenvalue weighted by Crippen LogP contribution is -2.46. The van der Waals surface area contributed by atoms with Gasteiger partial charge in [-0.3, -0.25) is 0 Å². The molecule has 2 aromatic rings. The van der Waals surface area contributed by atoms with Gasteiger partial charge in [0.05, 0.1) is 24.8 Å². The lowest BCUT2D eigenvalue weighted by Gasteiger charge is -2.35. The first-order chi connectivity index (χ1) is 13.8. The van der Waals surface area contributed by atoms with Crippen molar-refractivity contribution in [2.24, 2.45) is 5.41 Å². The molecule has 1 heterocycles. The molecule has 5 nitrogen and oxygen atoms in total. The van der Waals surface area contributed by atoms with Gasteiger partial charge in [0, 0.05) is 11.1 Å². The molecule has 0 aliphatic carbocycles. The number of nitrogens with one attached hydrogen (secondary N) is 2. The summed E-state index contributed by atoms with van der Waals surface area (Å²) in [4.78, 5) is 0. The first-order valence-electron chi connectivity index (χ1n) is 9.40. The van der Waals surface area contributed by atoms with Crippen molar-refractivity contribution in [1.82, 2.24) is 10.6 Å². The van der Waals surface area contributed by atoms with Crippen molar-refractivity contribution in [3.8, 4) is 17.6 Å². The first kappa shape index (κ1) is 20.7. The molecule has 3 rings (SSSR count). The van der Waals surface area contributed by atoms with E-state index in [1.165, 1.54) is 0 Å². The van der Waals surface area contributed by atoms with Crippen LogP contribution >= 0.6 is 12.2 Å². The van der Waals surface area contributed by atoms with E-state index in [-0.39, 0.29) is 11.5 Å². The van der Waals surface area contributed by atoms with E-state index >= 15 is 0 Å². The highest BCUT2D eigenvalue weighted by Gasteiger charge is 2.32. The highest BCUT2D eigenvalue weighted by atomic mass is 32.1. The number of nitrogens with zero attached hydrogens (tertiary/aromatic N) is 1. The summed E-state index contributed by atoms with van der Waals surface area (Å²) in [6, 6.07) is 17.7. The summed E-state index contributed by atoms with van der Waals surface area (Å²) in [5.74, 6) is 1.26. The van der Waals surface area contributed by atoms with Gasteiger partial charge in [0.25, 0.3) is 0 Å². The van der Waals surface area contributed by atoms with E-state index in [0.29, 0.717) is 28.8 Å². The van der Waals surface area contributed by atoms with Crippen LogP contribution in [0.15, 0.2) is 59.8 Å². The van der Waals surface area contributed by atoms with E-state index in [1.807, 2.05) is 48.5 Å². The second-order valence-electron chi connectivity index (χ2n) is 7.87. The number of hydrogen-bond acceptors (Lipinski definition) is 4. The highest BCUT2D eigenvalue weighted by molar-refractivity contribution is 7.80. The molecule has 0 aromatic heterocycles. The first-order valence-corrected chi connectivity index (χ1v) is 9.81. The number of allylic oxidation sites excluding steroid dienone is 1. The van der Waals surface area contributed by atoms with Crippen molar-refractivity contribution in [2.75, 3.05) is 7.11 Å². The highest BCUT2D eigenvalue weighted by Crippen LogP contribution is 2.37. The minimum Gasteiger partial charge on any atom is -0.493 e. The van der Waals surface area contributed by atoms with Crippen molar-refractivity contribution >= 4 is 17.3 Å². The van der Waals surface area contributed by atoms with Crippen LogP contribution in [-0.2, 0) is 6.61 Å². The molecule has 0 saturated heterocycles. The number of ether oxygens (including phenoxy) is 2. The smallest absolute Gasteiger partial charge is 0.171 e. The molecule has 1 aliphatic rings. The van der Waals surface area contributed by atoms with E-state index in [1.54, 1.807) is 7.11 Å². The Morgan fingerprint density at radius 3 is 2.45 bits per heavy atom. The fourth-order valence-electron chi connectivity index (χ4n) is 3.24. The monoisotopic (exact) mass is 407 g/mol. The molecule has 0 amide bonds. The molecule has 0 spiro atoms. The minimum atomic E-state index is -0.347. The summed E-state index contributed by atoms with van der Waals surface area (Å²) in [6.45, 7) is 6.61. The molecule has 0 saturated carbocycles. The Morgan fingerprint density at radius 1 is 1.10 bits per heavy atom. The van der Waals surface area contributed by atoms with Gasteiger partial charge in [-0.15, -0.1) is 0 Å².